The predicted octanol–water partition coefficient (Wildman–Crippen LogP) is 1.46. The Hall–Kier alpha value is -0.730. The number of benzene rings is 1. The van der Waals surface area contributed by atoms with Crippen molar-refractivity contribution in [3.63, 3.8) is 0 Å². The Bertz CT molecular complexity index is 220. The van der Waals surface area contributed by atoms with E-state index in [9.17, 15) is 0 Å². The van der Waals surface area contributed by atoms with Crippen molar-refractivity contribution in [3.05, 3.63) is 29.8 Å². The Morgan fingerprint density at radius 3 is 2.36 bits per heavy atom. The Morgan fingerprint density at radius 2 is 1.91 bits per heavy atom. The summed E-state index contributed by atoms with van der Waals surface area (Å²) in [5, 5.41) is 8.93. The summed E-state index contributed by atoms with van der Waals surface area (Å²) < 4.78 is 0. The maximum absolute atomic E-state index is 8.93. The molecule has 0 aliphatic rings. The summed E-state index contributed by atoms with van der Waals surface area (Å²) in [4.78, 5) is 0. The number of phenolic OH excluding ortho intramolecular Hbond substituents is 1. The molecule has 0 aromatic heterocycles. The van der Waals surface area contributed by atoms with Crippen molar-refractivity contribution < 1.29 is 5.11 Å². The molecule has 0 saturated heterocycles. The topological polar surface area (TPSA) is 46.2 Å². The Kier molecular flexibility index (Phi) is 2.74. The molecule has 0 amide bonds. The largest absolute Gasteiger partial charge is 0.508 e. The minimum Gasteiger partial charge on any atom is -0.508 e. The number of rotatable bonds is 2. The fraction of sp³-hybridized carbons (Fsp3) is 0.250. The number of nitrogens with two attached hydrogens (primary N) is 1. The van der Waals surface area contributed by atoms with Crippen molar-refractivity contribution in [2.45, 2.75) is 11.9 Å². The average Bonchev–Trinajstić information content (AvgIpc) is 1.93. The van der Waals surface area contributed by atoms with Gasteiger partial charge in [-0.1, -0.05) is 12.1 Å². The van der Waals surface area contributed by atoms with E-state index in [0.717, 1.165) is 5.56 Å². The highest BCUT2D eigenvalue weighted by atomic mass is 35.5. The molecule has 0 unspecified atom stereocenters. The van der Waals surface area contributed by atoms with Crippen LogP contribution >= 0.6 is 11.6 Å². The molecule has 3 heteroatoms. The molecule has 0 aliphatic carbocycles. The molecular weight excluding hydrogens is 162 g/mol. The lowest BCUT2D eigenvalue weighted by Crippen LogP contribution is -2.14. The molecule has 11 heavy (non-hydrogen) atoms. The molecule has 0 radical (unpaired) electrons. The highest BCUT2D eigenvalue weighted by Gasteiger charge is 1.98. The Balaban J connectivity index is 2.66. The highest BCUT2D eigenvalue weighted by molar-refractivity contribution is 6.20. The molecular formula is C8H10ClNO. The van der Waals surface area contributed by atoms with Crippen LogP contribution in [0, 0.1) is 0 Å². The maximum Gasteiger partial charge on any atom is 0.115 e. The maximum atomic E-state index is 8.93. The van der Waals surface area contributed by atoms with Crippen LogP contribution in [-0.4, -0.2) is 10.6 Å². The molecule has 2 nitrogen and oxygen atoms in total. The average molecular weight is 172 g/mol. The van der Waals surface area contributed by atoms with E-state index in [1.165, 1.54) is 0 Å². The molecule has 1 aromatic carbocycles. The molecule has 60 valence electrons. The fourth-order valence-electron chi connectivity index (χ4n) is 0.857. The number of hydrogen-bond donors (Lipinski definition) is 2. The molecule has 0 aliphatic heterocycles. The van der Waals surface area contributed by atoms with Gasteiger partial charge in [-0.3, -0.25) is 0 Å². The summed E-state index contributed by atoms with van der Waals surface area (Å²) in [7, 11) is 0. The van der Waals surface area contributed by atoms with Crippen molar-refractivity contribution in [3.8, 4) is 5.75 Å². The number of aromatic hydroxyl groups is 1. The van der Waals surface area contributed by atoms with Crippen molar-refractivity contribution >= 4 is 11.6 Å². The minimum absolute atomic E-state index is 0.261. The summed E-state index contributed by atoms with van der Waals surface area (Å²) in [5.74, 6) is 0.261. The molecule has 3 N–H and O–H groups in total. The second-order valence-electron chi connectivity index (χ2n) is 2.39. The predicted molar refractivity (Wildman–Crippen MR) is 45.6 cm³/mol. The van der Waals surface area contributed by atoms with Crippen LogP contribution in [0.1, 0.15) is 5.56 Å². The summed E-state index contributed by atoms with van der Waals surface area (Å²) in [5.41, 5.74) is 6.05. The Morgan fingerprint density at radius 1 is 1.36 bits per heavy atom. The van der Waals surface area contributed by atoms with Gasteiger partial charge in [0, 0.05) is 6.42 Å². The first-order valence-electron chi connectivity index (χ1n) is 3.36. The number of phenols is 1. The first kappa shape index (κ1) is 8.37. The first-order chi connectivity index (χ1) is 5.18. The number of halogens is 1. The van der Waals surface area contributed by atoms with Crippen LogP contribution < -0.4 is 5.73 Å². The first-order valence-corrected chi connectivity index (χ1v) is 3.79. The number of alkyl halides is 1. The highest BCUT2D eigenvalue weighted by Crippen LogP contribution is 2.11. The monoisotopic (exact) mass is 171 g/mol. The third-order valence-corrected chi connectivity index (χ3v) is 1.52. The van der Waals surface area contributed by atoms with E-state index in [1.54, 1.807) is 24.3 Å². The van der Waals surface area contributed by atoms with Gasteiger partial charge in [0.05, 0.1) is 5.50 Å². The van der Waals surface area contributed by atoms with E-state index in [0.29, 0.717) is 6.42 Å². The van der Waals surface area contributed by atoms with Crippen molar-refractivity contribution in [1.29, 1.82) is 0 Å². The fourth-order valence-corrected chi connectivity index (χ4v) is 1.04. The summed E-state index contributed by atoms with van der Waals surface area (Å²) in [6.07, 6.45) is 0.627. The lowest BCUT2D eigenvalue weighted by Gasteiger charge is -2.02. The van der Waals surface area contributed by atoms with Gasteiger partial charge in [-0.05, 0) is 17.7 Å². The standard InChI is InChI=1S/C8H10ClNO/c9-8(10)5-6-1-3-7(11)4-2-6/h1-4,8,11H,5,10H2/t8-/m1/s1. The van der Waals surface area contributed by atoms with Crippen molar-refractivity contribution in [2.24, 2.45) is 5.73 Å². The lowest BCUT2D eigenvalue weighted by molar-refractivity contribution is 0.475. The quantitative estimate of drug-likeness (QED) is 0.523. The van der Waals surface area contributed by atoms with Crippen LogP contribution in [0.2, 0.25) is 0 Å². The summed E-state index contributed by atoms with van der Waals surface area (Å²) in [6, 6.07) is 6.85. The SMILES string of the molecule is N[C@@H](Cl)Cc1ccc(O)cc1. The molecule has 0 spiro atoms. The van der Waals surface area contributed by atoms with Gasteiger partial charge in [0.2, 0.25) is 0 Å². The van der Waals surface area contributed by atoms with E-state index in [1.807, 2.05) is 0 Å². The second-order valence-corrected chi connectivity index (χ2v) is 2.95. The van der Waals surface area contributed by atoms with Crippen molar-refractivity contribution in [1.82, 2.24) is 0 Å². The summed E-state index contributed by atoms with van der Waals surface area (Å²) in [6.45, 7) is 0. The summed E-state index contributed by atoms with van der Waals surface area (Å²) >= 11 is 5.57. The zero-order valence-electron chi connectivity index (χ0n) is 6.00. The third-order valence-electron chi connectivity index (χ3n) is 1.37. The van der Waals surface area contributed by atoms with Crippen LogP contribution in [0.4, 0.5) is 0 Å². The molecule has 1 rings (SSSR count). The Labute approximate surface area is 70.6 Å². The van der Waals surface area contributed by atoms with Gasteiger partial charge in [0.1, 0.15) is 5.75 Å². The molecule has 0 saturated carbocycles. The van der Waals surface area contributed by atoms with E-state index in [2.05, 4.69) is 0 Å². The van der Waals surface area contributed by atoms with Gasteiger partial charge >= 0.3 is 0 Å². The molecule has 1 aromatic rings. The van der Waals surface area contributed by atoms with E-state index < -0.39 is 0 Å². The van der Waals surface area contributed by atoms with E-state index >= 15 is 0 Å². The zero-order valence-corrected chi connectivity index (χ0v) is 6.75. The van der Waals surface area contributed by atoms with Gasteiger partial charge in [-0.15, -0.1) is 11.6 Å². The molecule has 0 bridgehead atoms. The molecule has 0 heterocycles. The van der Waals surface area contributed by atoms with Crippen molar-refractivity contribution in [2.75, 3.05) is 0 Å². The van der Waals surface area contributed by atoms with E-state index in [4.69, 9.17) is 22.4 Å². The van der Waals surface area contributed by atoms with Crippen LogP contribution in [0.5, 0.6) is 5.75 Å². The van der Waals surface area contributed by atoms with Crippen LogP contribution in [-0.2, 0) is 6.42 Å². The van der Waals surface area contributed by atoms with Gasteiger partial charge in [-0.2, -0.15) is 0 Å². The van der Waals surface area contributed by atoms with Gasteiger partial charge in [0.25, 0.3) is 0 Å². The van der Waals surface area contributed by atoms with E-state index in [-0.39, 0.29) is 11.3 Å². The van der Waals surface area contributed by atoms with Crippen LogP contribution in [0.3, 0.4) is 0 Å². The van der Waals surface area contributed by atoms with Gasteiger partial charge < -0.3 is 10.8 Å². The third kappa shape index (κ3) is 2.78. The smallest absolute Gasteiger partial charge is 0.115 e. The molecule has 1 atom stereocenters. The lowest BCUT2D eigenvalue weighted by atomic mass is 10.1. The van der Waals surface area contributed by atoms with Crippen LogP contribution in [0.15, 0.2) is 24.3 Å². The van der Waals surface area contributed by atoms with Crippen LogP contribution in [0.25, 0.3) is 0 Å². The minimum atomic E-state index is -0.348. The zero-order chi connectivity index (χ0) is 8.27. The van der Waals surface area contributed by atoms with Gasteiger partial charge in [0.15, 0.2) is 0 Å². The second kappa shape index (κ2) is 3.60. The molecule has 0 fully saturated rings. The number of hydrogen-bond acceptors (Lipinski definition) is 2. The van der Waals surface area contributed by atoms with Gasteiger partial charge in [-0.25, -0.2) is 0 Å². The normalized spacial score (nSPS) is 12.9.